The van der Waals surface area contributed by atoms with Gasteiger partial charge < -0.3 is 15.3 Å². The van der Waals surface area contributed by atoms with E-state index in [4.69, 9.17) is 10.4 Å². The summed E-state index contributed by atoms with van der Waals surface area (Å²) < 4.78 is 0. The average molecular weight is 289 g/mol. The number of carbonyl (C=O) groups excluding carboxylic acids is 1. The Hall–Kier alpha value is -2.06. The van der Waals surface area contributed by atoms with Crippen LogP contribution in [0.4, 0.5) is 10.5 Å². The molecule has 0 unspecified atom stereocenters. The molecule has 0 saturated carbocycles. The number of aliphatic hydroxyl groups is 1. The summed E-state index contributed by atoms with van der Waals surface area (Å²) in [6.45, 7) is 7.37. The Labute approximate surface area is 126 Å². The molecule has 21 heavy (non-hydrogen) atoms. The first-order valence-electron chi connectivity index (χ1n) is 7.02. The Morgan fingerprint density at radius 1 is 1.33 bits per heavy atom. The molecule has 0 aromatic heterocycles. The van der Waals surface area contributed by atoms with Gasteiger partial charge in [-0.25, -0.2) is 4.79 Å². The Bertz CT molecular complexity index is 498. The summed E-state index contributed by atoms with van der Waals surface area (Å²) in [5.74, 6) is 0. The summed E-state index contributed by atoms with van der Waals surface area (Å²) in [5.41, 5.74) is 1.19. The second-order valence-corrected chi connectivity index (χ2v) is 6.18. The van der Waals surface area contributed by atoms with E-state index in [0.29, 0.717) is 30.8 Å². The second kappa shape index (κ2) is 7.65. The van der Waals surface area contributed by atoms with Gasteiger partial charge in [0.15, 0.2) is 0 Å². The molecule has 0 bridgehead atoms. The zero-order valence-corrected chi connectivity index (χ0v) is 12.9. The van der Waals surface area contributed by atoms with Crippen LogP contribution in [0.2, 0.25) is 0 Å². The highest BCUT2D eigenvalue weighted by molar-refractivity contribution is 5.89. The van der Waals surface area contributed by atoms with Crippen LogP contribution in [0.5, 0.6) is 0 Å². The van der Waals surface area contributed by atoms with Crippen LogP contribution in [0.1, 0.15) is 32.8 Å². The van der Waals surface area contributed by atoms with Crippen molar-refractivity contribution < 1.29 is 9.90 Å². The quantitative estimate of drug-likeness (QED) is 0.875. The number of hydrogen-bond donors (Lipinski definition) is 2. The zero-order chi connectivity index (χ0) is 15.9. The summed E-state index contributed by atoms with van der Waals surface area (Å²) in [6, 6.07) is 8.59. The van der Waals surface area contributed by atoms with Gasteiger partial charge in [-0.2, -0.15) is 5.26 Å². The maximum absolute atomic E-state index is 12.3. The van der Waals surface area contributed by atoms with Gasteiger partial charge in [-0.05, 0) is 36.1 Å². The number of hydrogen-bond acceptors (Lipinski definition) is 3. The first-order valence-corrected chi connectivity index (χ1v) is 7.02. The largest absolute Gasteiger partial charge is 0.396 e. The molecule has 0 fully saturated rings. The van der Waals surface area contributed by atoms with E-state index in [1.54, 1.807) is 29.2 Å². The molecule has 0 saturated heterocycles. The molecular weight excluding hydrogens is 266 g/mol. The van der Waals surface area contributed by atoms with Crippen molar-refractivity contribution in [2.75, 3.05) is 25.0 Å². The summed E-state index contributed by atoms with van der Waals surface area (Å²) >= 11 is 0. The summed E-state index contributed by atoms with van der Waals surface area (Å²) in [7, 11) is 0. The van der Waals surface area contributed by atoms with Crippen molar-refractivity contribution in [3.05, 3.63) is 29.8 Å². The molecule has 1 rings (SSSR count). The van der Waals surface area contributed by atoms with Crippen LogP contribution in [0.25, 0.3) is 0 Å². The molecular formula is C16H23N3O2. The van der Waals surface area contributed by atoms with Crippen LogP contribution in [0.15, 0.2) is 24.3 Å². The highest BCUT2D eigenvalue weighted by atomic mass is 16.3. The Morgan fingerprint density at radius 2 is 1.95 bits per heavy atom. The minimum absolute atomic E-state index is 0.0164. The van der Waals surface area contributed by atoms with Crippen molar-refractivity contribution in [1.82, 2.24) is 4.90 Å². The lowest BCUT2D eigenvalue weighted by molar-refractivity contribution is 0.176. The van der Waals surface area contributed by atoms with E-state index in [1.807, 2.05) is 6.07 Å². The molecule has 5 nitrogen and oxygen atoms in total. The molecule has 1 aromatic rings. The summed E-state index contributed by atoms with van der Waals surface area (Å²) in [5, 5.41) is 20.5. The zero-order valence-electron chi connectivity index (χ0n) is 12.9. The smallest absolute Gasteiger partial charge is 0.321 e. The fourth-order valence-corrected chi connectivity index (χ4v) is 1.92. The van der Waals surface area contributed by atoms with Gasteiger partial charge in [0.05, 0.1) is 11.6 Å². The monoisotopic (exact) mass is 289 g/mol. The molecule has 0 atom stereocenters. The molecule has 0 heterocycles. The number of amides is 2. The molecule has 0 aliphatic carbocycles. The van der Waals surface area contributed by atoms with Gasteiger partial charge in [0.2, 0.25) is 0 Å². The molecule has 0 spiro atoms. The highest BCUT2D eigenvalue weighted by Crippen LogP contribution is 2.17. The number of carbonyl (C=O) groups is 1. The van der Waals surface area contributed by atoms with Gasteiger partial charge in [-0.15, -0.1) is 0 Å². The number of nitriles is 1. The predicted octanol–water partition coefficient (Wildman–Crippen LogP) is 2.82. The summed E-state index contributed by atoms with van der Waals surface area (Å²) in [6.07, 6.45) is 0.552. The van der Waals surface area contributed by atoms with E-state index < -0.39 is 0 Å². The van der Waals surface area contributed by atoms with Crippen molar-refractivity contribution >= 4 is 11.7 Å². The van der Waals surface area contributed by atoms with E-state index in [2.05, 4.69) is 26.1 Å². The van der Waals surface area contributed by atoms with Crippen molar-refractivity contribution in [3.63, 3.8) is 0 Å². The third-order valence-electron chi connectivity index (χ3n) is 2.80. The first kappa shape index (κ1) is 17.0. The minimum Gasteiger partial charge on any atom is -0.396 e. The van der Waals surface area contributed by atoms with E-state index in [1.165, 1.54) is 0 Å². The lowest BCUT2D eigenvalue weighted by Crippen LogP contribution is -2.41. The standard InChI is InChI=1S/C16H23N3O2/c1-16(2,3)12-19(9-4-10-20)15(21)18-14-7-5-13(11-17)6-8-14/h5-8,20H,4,9-10,12H2,1-3H3,(H,18,21). The Balaban J connectivity index is 2.72. The SMILES string of the molecule is CC(C)(C)CN(CCCO)C(=O)Nc1ccc(C#N)cc1. The van der Waals surface area contributed by atoms with Gasteiger partial charge in [-0.1, -0.05) is 20.8 Å². The van der Waals surface area contributed by atoms with E-state index in [9.17, 15) is 4.79 Å². The fraction of sp³-hybridized carbons (Fsp3) is 0.500. The first-order chi connectivity index (χ1) is 9.85. The number of aliphatic hydroxyl groups excluding tert-OH is 1. The molecule has 1 aromatic carbocycles. The molecule has 0 aliphatic rings. The lowest BCUT2D eigenvalue weighted by atomic mass is 9.96. The molecule has 114 valence electrons. The maximum Gasteiger partial charge on any atom is 0.321 e. The molecule has 2 N–H and O–H groups in total. The van der Waals surface area contributed by atoms with Crippen molar-refractivity contribution in [2.24, 2.45) is 5.41 Å². The van der Waals surface area contributed by atoms with Crippen LogP contribution in [0.3, 0.4) is 0 Å². The van der Waals surface area contributed by atoms with Gasteiger partial charge in [0.1, 0.15) is 0 Å². The van der Waals surface area contributed by atoms with Crippen molar-refractivity contribution in [1.29, 1.82) is 5.26 Å². The van der Waals surface area contributed by atoms with E-state index in [0.717, 1.165) is 0 Å². The van der Waals surface area contributed by atoms with Crippen LogP contribution in [-0.4, -0.2) is 35.7 Å². The predicted molar refractivity (Wildman–Crippen MR) is 82.9 cm³/mol. The Kier molecular flexibility index (Phi) is 6.19. The van der Waals surface area contributed by atoms with Crippen LogP contribution < -0.4 is 5.32 Å². The molecule has 0 radical (unpaired) electrons. The van der Waals surface area contributed by atoms with Gasteiger partial charge in [-0.3, -0.25) is 0 Å². The number of nitrogens with zero attached hydrogens (tertiary/aromatic N) is 2. The van der Waals surface area contributed by atoms with Crippen molar-refractivity contribution in [2.45, 2.75) is 27.2 Å². The average Bonchev–Trinajstić information content (AvgIpc) is 2.43. The number of nitrogens with one attached hydrogen (secondary N) is 1. The van der Waals surface area contributed by atoms with E-state index in [-0.39, 0.29) is 18.1 Å². The second-order valence-electron chi connectivity index (χ2n) is 6.18. The topological polar surface area (TPSA) is 76.4 Å². The van der Waals surface area contributed by atoms with Crippen LogP contribution in [-0.2, 0) is 0 Å². The van der Waals surface area contributed by atoms with Gasteiger partial charge in [0, 0.05) is 25.4 Å². The molecule has 5 heteroatoms. The van der Waals surface area contributed by atoms with Crippen molar-refractivity contribution in [3.8, 4) is 6.07 Å². The number of rotatable bonds is 5. The normalized spacial score (nSPS) is 10.8. The molecule has 0 aliphatic heterocycles. The highest BCUT2D eigenvalue weighted by Gasteiger charge is 2.20. The number of urea groups is 1. The third-order valence-corrected chi connectivity index (χ3v) is 2.80. The van der Waals surface area contributed by atoms with Crippen LogP contribution in [0, 0.1) is 16.7 Å². The lowest BCUT2D eigenvalue weighted by Gasteiger charge is -2.30. The molecule has 2 amide bonds. The minimum atomic E-state index is -0.192. The number of benzene rings is 1. The van der Waals surface area contributed by atoms with E-state index >= 15 is 0 Å². The number of anilines is 1. The maximum atomic E-state index is 12.3. The van der Waals surface area contributed by atoms with Crippen LogP contribution >= 0.6 is 0 Å². The van der Waals surface area contributed by atoms with Gasteiger partial charge >= 0.3 is 6.03 Å². The Morgan fingerprint density at radius 3 is 2.43 bits per heavy atom. The fourth-order valence-electron chi connectivity index (χ4n) is 1.92. The summed E-state index contributed by atoms with van der Waals surface area (Å²) in [4.78, 5) is 14.0. The van der Waals surface area contributed by atoms with Gasteiger partial charge in [0.25, 0.3) is 0 Å². The third kappa shape index (κ3) is 6.28.